The Balaban J connectivity index is 1.86. The summed E-state index contributed by atoms with van der Waals surface area (Å²) in [6.45, 7) is 1.94. The molecule has 1 amide bonds. The summed E-state index contributed by atoms with van der Waals surface area (Å²) in [7, 11) is 0. The zero-order valence-electron chi connectivity index (χ0n) is 13.1. The molecule has 0 saturated heterocycles. The summed E-state index contributed by atoms with van der Waals surface area (Å²) in [5.74, 6) is -0.195. The number of benzene rings is 2. The molecule has 0 aliphatic rings. The van der Waals surface area contributed by atoms with E-state index < -0.39 is 4.92 Å². The second kappa shape index (κ2) is 8.08. The Kier molecular flexibility index (Phi) is 5.86. The Morgan fingerprint density at radius 3 is 2.48 bits per heavy atom. The fourth-order valence-corrected chi connectivity index (χ4v) is 2.44. The van der Waals surface area contributed by atoms with Crippen LogP contribution in [-0.2, 0) is 17.6 Å². The third-order valence-electron chi connectivity index (χ3n) is 3.66. The molecule has 5 heteroatoms. The van der Waals surface area contributed by atoms with Gasteiger partial charge in [-0.05, 0) is 25.3 Å². The van der Waals surface area contributed by atoms with Crippen molar-refractivity contribution in [3.8, 4) is 0 Å². The number of aryl methyl sites for hydroxylation is 1. The van der Waals surface area contributed by atoms with Crippen molar-refractivity contribution in [3.05, 3.63) is 75.8 Å². The minimum absolute atomic E-state index is 0.0143. The lowest BCUT2D eigenvalue weighted by molar-refractivity contribution is -0.385. The van der Waals surface area contributed by atoms with Gasteiger partial charge in [-0.1, -0.05) is 48.5 Å². The molecule has 120 valence electrons. The number of nitrogens with one attached hydrogen (secondary N) is 1. The van der Waals surface area contributed by atoms with Gasteiger partial charge in [-0.2, -0.15) is 0 Å². The highest BCUT2D eigenvalue weighted by atomic mass is 16.6. The first-order valence-corrected chi connectivity index (χ1v) is 7.62. The average molecular weight is 312 g/mol. The molecule has 1 N–H and O–H groups in total. The molecule has 2 rings (SSSR count). The van der Waals surface area contributed by atoms with Gasteiger partial charge in [0.1, 0.15) is 0 Å². The second-order valence-electron chi connectivity index (χ2n) is 5.56. The highest BCUT2D eigenvalue weighted by molar-refractivity contribution is 5.80. The van der Waals surface area contributed by atoms with Gasteiger partial charge in [0.05, 0.1) is 11.3 Å². The SMILES string of the molecule is C[C@H](CCc1ccccc1)NC(=O)Cc1ccccc1[N+](=O)[O-]. The van der Waals surface area contributed by atoms with E-state index in [4.69, 9.17) is 0 Å². The Bertz CT molecular complexity index is 671. The van der Waals surface area contributed by atoms with E-state index in [1.165, 1.54) is 11.6 Å². The summed E-state index contributed by atoms with van der Waals surface area (Å²) in [4.78, 5) is 22.6. The number of nitrogens with zero attached hydrogens (tertiary/aromatic N) is 1. The van der Waals surface area contributed by atoms with Gasteiger partial charge in [-0.3, -0.25) is 14.9 Å². The van der Waals surface area contributed by atoms with Gasteiger partial charge in [0, 0.05) is 17.7 Å². The molecular formula is C18H20N2O3. The maximum atomic E-state index is 12.1. The van der Waals surface area contributed by atoms with E-state index in [0.29, 0.717) is 5.56 Å². The van der Waals surface area contributed by atoms with Gasteiger partial charge < -0.3 is 5.32 Å². The van der Waals surface area contributed by atoms with Crippen molar-refractivity contribution in [3.63, 3.8) is 0 Å². The van der Waals surface area contributed by atoms with Crippen molar-refractivity contribution in [1.29, 1.82) is 0 Å². The summed E-state index contributed by atoms with van der Waals surface area (Å²) in [5, 5.41) is 13.9. The molecule has 0 saturated carbocycles. The summed E-state index contributed by atoms with van der Waals surface area (Å²) in [5.41, 5.74) is 1.65. The van der Waals surface area contributed by atoms with Crippen molar-refractivity contribution in [2.24, 2.45) is 0 Å². The van der Waals surface area contributed by atoms with Gasteiger partial charge in [-0.15, -0.1) is 0 Å². The Hall–Kier alpha value is -2.69. The molecule has 0 bridgehead atoms. The van der Waals surface area contributed by atoms with Crippen LogP contribution in [0.2, 0.25) is 0 Å². The van der Waals surface area contributed by atoms with Crippen LogP contribution in [0.15, 0.2) is 54.6 Å². The van der Waals surface area contributed by atoms with Crippen molar-refractivity contribution in [2.45, 2.75) is 32.2 Å². The topological polar surface area (TPSA) is 72.2 Å². The summed E-state index contributed by atoms with van der Waals surface area (Å²) in [6.07, 6.45) is 1.73. The van der Waals surface area contributed by atoms with Crippen LogP contribution >= 0.6 is 0 Å². The standard InChI is InChI=1S/C18H20N2O3/c1-14(11-12-15-7-3-2-4-8-15)19-18(21)13-16-9-5-6-10-17(16)20(22)23/h2-10,14H,11-13H2,1H3,(H,19,21)/t14-/m1/s1. The van der Waals surface area contributed by atoms with Gasteiger partial charge in [0.2, 0.25) is 5.91 Å². The van der Waals surface area contributed by atoms with Gasteiger partial charge in [0.15, 0.2) is 0 Å². The quantitative estimate of drug-likeness (QED) is 0.630. The van der Waals surface area contributed by atoms with Crippen LogP contribution in [0.25, 0.3) is 0 Å². The van der Waals surface area contributed by atoms with Crippen LogP contribution in [-0.4, -0.2) is 16.9 Å². The van der Waals surface area contributed by atoms with Crippen molar-refractivity contribution < 1.29 is 9.72 Å². The van der Waals surface area contributed by atoms with E-state index in [2.05, 4.69) is 17.4 Å². The molecule has 0 radical (unpaired) electrons. The van der Waals surface area contributed by atoms with Crippen LogP contribution in [0.3, 0.4) is 0 Å². The number of amides is 1. The molecule has 2 aromatic rings. The predicted octanol–water partition coefficient (Wildman–Crippen LogP) is 3.27. The van der Waals surface area contributed by atoms with E-state index >= 15 is 0 Å². The van der Waals surface area contributed by atoms with Crippen molar-refractivity contribution in [1.82, 2.24) is 5.32 Å². The highest BCUT2D eigenvalue weighted by Crippen LogP contribution is 2.18. The lowest BCUT2D eigenvalue weighted by atomic mass is 10.1. The first-order valence-electron chi connectivity index (χ1n) is 7.62. The molecule has 2 aromatic carbocycles. The zero-order chi connectivity index (χ0) is 16.7. The number of nitro groups is 1. The lowest BCUT2D eigenvalue weighted by Gasteiger charge is -2.14. The average Bonchev–Trinajstić information content (AvgIpc) is 2.54. The summed E-state index contributed by atoms with van der Waals surface area (Å²) >= 11 is 0. The van der Waals surface area contributed by atoms with Crippen LogP contribution in [0.1, 0.15) is 24.5 Å². The maximum absolute atomic E-state index is 12.1. The smallest absolute Gasteiger partial charge is 0.273 e. The van der Waals surface area contributed by atoms with E-state index in [9.17, 15) is 14.9 Å². The fourth-order valence-electron chi connectivity index (χ4n) is 2.44. The van der Waals surface area contributed by atoms with E-state index in [0.717, 1.165) is 12.8 Å². The van der Waals surface area contributed by atoms with Gasteiger partial charge >= 0.3 is 0 Å². The van der Waals surface area contributed by atoms with E-state index in [1.54, 1.807) is 18.2 Å². The number of hydrogen-bond donors (Lipinski definition) is 1. The maximum Gasteiger partial charge on any atom is 0.273 e. The van der Waals surface area contributed by atoms with Gasteiger partial charge in [0.25, 0.3) is 5.69 Å². The van der Waals surface area contributed by atoms with E-state index in [1.807, 2.05) is 25.1 Å². The molecule has 0 heterocycles. The molecule has 0 aliphatic carbocycles. The van der Waals surface area contributed by atoms with Crippen LogP contribution in [0.4, 0.5) is 5.69 Å². The number of hydrogen-bond acceptors (Lipinski definition) is 3. The molecule has 0 fully saturated rings. The Labute approximate surface area is 135 Å². The molecule has 23 heavy (non-hydrogen) atoms. The molecule has 1 atom stereocenters. The summed E-state index contributed by atoms with van der Waals surface area (Å²) in [6, 6.07) is 16.4. The molecule has 0 spiro atoms. The number of carbonyl (C=O) groups excluding carboxylic acids is 1. The minimum Gasteiger partial charge on any atom is -0.353 e. The van der Waals surface area contributed by atoms with Gasteiger partial charge in [-0.25, -0.2) is 0 Å². The van der Waals surface area contributed by atoms with Crippen LogP contribution in [0, 0.1) is 10.1 Å². The molecule has 0 unspecified atom stereocenters. The first-order chi connectivity index (χ1) is 11.1. The second-order valence-corrected chi connectivity index (χ2v) is 5.56. The zero-order valence-corrected chi connectivity index (χ0v) is 13.1. The molecule has 0 aliphatic heterocycles. The largest absolute Gasteiger partial charge is 0.353 e. The number of para-hydroxylation sites is 1. The molecular weight excluding hydrogens is 292 g/mol. The highest BCUT2D eigenvalue weighted by Gasteiger charge is 2.16. The minimum atomic E-state index is -0.457. The van der Waals surface area contributed by atoms with Crippen molar-refractivity contribution >= 4 is 11.6 Å². The first kappa shape index (κ1) is 16.7. The number of rotatable bonds is 7. The van der Waals surface area contributed by atoms with Crippen molar-refractivity contribution in [2.75, 3.05) is 0 Å². The number of carbonyl (C=O) groups is 1. The predicted molar refractivity (Wildman–Crippen MR) is 89.2 cm³/mol. The normalized spacial score (nSPS) is 11.7. The third kappa shape index (κ3) is 5.21. The monoisotopic (exact) mass is 312 g/mol. The lowest BCUT2D eigenvalue weighted by Crippen LogP contribution is -2.34. The fraction of sp³-hybridized carbons (Fsp3) is 0.278. The molecule has 0 aromatic heterocycles. The van der Waals surface area contributed by atoms with Crippen LogP contribution in [0.5, 0.6) is 0 Å². The van der Waals surface area contributed by atoms with Crippen LogP contribution < -0.4 is 5.32 Å². The third-order valence-corrected chi connectivity index (χ3v) is 3.66. The number of nitro benzene ring substituents is 1. The Morgan fingerprint density at radius 1 is 1.13 bits per heavy atom. The summed E-state index contributed by atoms with van der Waals surface area (Å²) < 4.78 is 0. The molecule has 5 nitrogen and oxygen atoms in total. The van der Waals surface area contributed by atoms with E-state index in [-0.39, 0.29) is 24.1 Å². The Morgan fingerprint density at radius 2 is 1.78 bits per heavy atom.